The Balaban J connectivity index is 1.58. The summed E-state index contributed by atoms with van der Waals surface area (Å²) in [6, 6.07) is 0. The van der Waals surface area contributed by atoms with Crippen LogP contribution in [0.25, 0.3) is 0 Å². The van der Waals surface area contributed by atoms with Crippen molar-refractivity contribution in [1.82, 2.24) is 4.37 Å². The molecule has 3 saturated carbocycles. The Morgan fingerprint density at radius 2 is 1.90 bits per heavy atom. The minimum Gasteiger partial charge on any atom is -0.478 e. The van der Waals surface area contributed by atoms with Gasteiger partial charge in [-0.1, -0.05) is 0 Å². The molecule has 0 aliphatic heterocycles. The first-order valence-corrected chi connectivity index (χ1v) is 8.25. The molecule has 0 spiro atoms. The summed E-state index contributed by atoms with van der Waals surface area (Å²) in [4.78, 5) is 25.6. The van der Waals surface area contributed by atoms with Gasteiger partial charge in [0, 0.05) is 13.0 Å². The normalized spacial score (nSPS) is 35.6. The van der Waals surface area contributed by atoms with Gasteiger partial charge in [-0.25, -0.2) is 4.79 Å². The minimum absolute atomic E-state index is 0.0905. The number of rotatable bonds is 3. The molecule has 4 atom stereocenters. The van der Waals surface area contributed by atoms with Crippen LogP contribution in [-0.2, 0) is 4.79 Å². The molecule has 6 heteroatoms. The quantitative estimate of drug-likeness (QED) is 0.931. The Morgan fingerprint density at radius 3 is 2.48 bits per heavy atom. The van der Waals surface area contributed by atoms with Crippen LogP contribution < -0.4 is 4.90 Å². The summed E-state index contributed by atoms with van der Waals surface area (Å²) in [6.45, 7) is 1.67. The van der Waals surface area contributed by atoms with Gasteiger partial charge in [0.2, 0.25) is 5.91 Å². The first-order chi connectivity index (χ1) is 10.0. The van der Waals surface area contributed by atoms with Gasteiger partial charge in [0.25, 0.3) is 0 Å². The first kappa shape index (κ1) is 13.2. The van der Waals surface area contributed by atoms with Gasteiger partial charge in [-0.05, 0) is 61.4 Å². The summed E-state index contributed by atoms with van der Waals surface area (Å²) in [5, 5.41) is 9.78. The SMILES string of the molecule is Cc1nsc(N(C)C(=O)C2C3C4CCC(C4)C23)c1C(=O)O. The van der Waals surface area contributed by atoms with Crippen LogP contribution in [0.3, 0.4) is 0 Å². The van der Waals surface area contributed by atoms with Crippen molar-refractivity contribution >= 4 is 28.4 Å². The molecule has 1 N–H and O–H groups in total. The zero-order chi connectivity index (χ0) is 14.9. The highest BCUT2D eigenvalue weighted by molar-refractivity contribution is 7.11. The van der Waals surface area contributed by atoms with Crippen LogP contribution in [0.5, 0.6) is 0 Å². The topological polar surface area (TPSA) is 70.5 Å². The highest BCUT2D eigenvalue weighted by atomic mass is 32.1. The number of aryl methyl sites for hydroxylation is 1. The maximum absolute atomic E-state index is 12.7. The molecular weight excluding hydrogens is 288 g/mol. The molecule has 1 aromatic heterocycles. The number of fused-ring (bicyclic) bond motifs is 5. The van der Waals surface area contributed by atoms with Crippen LogP contribution in [0.1, 0.15) is 35.3 Å². The number of carbonyl (C=O) groups excluding carboxylic acids is 1. The number of nitrogens with zero attached hydrogens (tertiary/aromatic N) is 2. The zero-order valence-electron chi connectivity index (χ0n) is 12.1. The molecule has 21 heavy (non-hydrogen) atoms. The second kappa shape index (κ2) is 4.29. The molecule has 0 aromatic carbocycles. The lowest BCUT2D eigenvalue weighted by Crippen LogP contribution is -2.30. The minimum atomic E-state index is -1.01. The van der Waals surface area contributed by atoms with Crippen molar-refractivity contribution < 1.29 is 14.7 Å². The van der Waals surface area contributed by atoms with Crippen molar-refractivity contribution in [3.63, 3.8) is 0 Å². The molecular formula is C15H18N2O3S. The smallest absolute Gasteiger partial charge is 0.340 e. The number of carboxylic acid groups (broad SMARTS) is 1. The van der Waals surface area contributed by atoms with E-state index in [9.17, 15) is 14.7 Å². The number of anilines is 1. The molecule has 1 amide bonds. The predicted octanol–water partition coefficient (Wildman–Crippen LogP) is 2.40. The predicted molar refractivity (Wildman–Crippen MR) is 78.5 cm³/mol. The Bertz CT molecular complexity index is 625. The van der Waals surface area contributed by atoms with E-state index in [1.165, 1.54) is 24.2 Å². The molecule has 112 valence electrons. The Morgan fingerprint density at radius 1 is 1.29 bits per heavy atom. The third-order valence-electron chi connectivity index (χ3n) is 5.71. The first-order valence-electron chi connectivity index (χ1n) is 7.47. The van der Waals surface area contributed by atoms with E-state index < -0.39 is 5.97 Å². The number of aromatic nitrogens is 1. The summed E-state index contributed by atoms with van der Waals surface area (Å²) in [6.07, 6.45) is 3.86. The maximum atomic E-state index is 12.7. The van der Waals surface area contributed by atoms with Crippen LogP contribution in [0.4, 0.5) is 5.00 Å². The number of hydrogen-bond donors (Lipinski definition) is 1. The monoisotopic (exact) mass is 306 g/mol. The Hall–Kier alpha value is -1.43. The average molecular weight is 306 g/mol. The molecule has 1 heterocycles. The number of amides is 1. The van der Waals surface area contributed by atoms with Crippen LogP contribution >= 0.6 is 11.5 Å². The second-order valence-corrected chi connectivity index (χ2v) is 7.42. The van der Waals surface area contributed by atoms with Gasteiger partial charge in [0.05, 0.1) is 5.69 Å². The molecule has 1 aromatic rings. The van der Waals surface area contributed by atoms with E-state index in [4.69, 9.17) is 0 Å². The Kier molecular flexibility index (Phi) is 2.70. The number of carboxylic acids is 1. The summed E-state index contributed by atoms with van der Waals surface area (Å²) in [5.74, 6) is 1.83. The van der Waals surface area contributed by atoms with Gasteiger partial charge >= 0.3 is 5.97 Å². The summed E-state index contributed by atoms with van der Waals surface area (Å²) >= 11 is 1.11. The summed E-state index contributed by atoms with van der Waals surface area (Å²) in [7, 11) is 1.69. The lowest BCUT2D eigenvalue weighted by molar-refractivity contribution is -0.120. The van der Waals surface area contributed by atoms with Crippen molar-refractivity contribution in [2.75, 3.05) is 11.9 Å². The van der Waals surface area contributed by atoms with Gasteiger partial charge in [-0.15, -0.1) is 0 Å². The molecule has 3 fully saturated rings. The highest BCUT2D eigenvalue weighted by Gasteiger charge is 2.68. The van der Waals surface area contributed by atoms with Crippen LogP contribution in [0, 0.1) is 36.5 Å². The van der Waals surface area contributed by atoms with Gasteiger partial charge < -0.3 is 10.0 Å². The van der Waals surface area contributed by atoms with E-state index in [-0.39, 0.29) is 17.4 Å². The van der Waals surface area contributed by atoms with E-state index in [2.05, 4.69) is 4.37 Å². The van der Waals surface area contributed by atoms with Crippen molar-refractivity contribution in [2.24, 2.45) is 29.6 Å². The summed E-state index contributed by atoms with van der Waals surface area (Å²) < 4.78 is 4.10. The van der Waals surface area contributed by atoms with E-state index >= 15 is 0 Å². The van der Waals surface area contributed by atoms with E-state index in [1.807, 2.05) is 0 Å². The van der Waals surface area contributed by atoms with Gasteiger partial charge in [-0.2, -0.15) is 4.37 Å². The summed E-state index contributed by atoms with van der Waals surface area (Å²) in [5.41, 5.74) is 0.655. The molecule has 4 rings (SSSR count). The van der Waals surface area contributed by atoms with E-state index in [0.29, 0.717) is 22.5 Å². The Labute approximate surface area is 127 Å². The molecule has 3 aliphatic carbocycles. The fourth-order valence-corrected chi connectivity index (χ4v) is 5.67. The number of aromatic carboxylic acids is 1. The van der Waals surface area contributed by atoms with Crippen molar-refractivity contribution in [2.45, 2.75) is 26.2 Å². The third-order valence-corrected chi connectivity index (χ3v) is 6.73. The second-order valence-electron chi connectivity index (χ2n) is 6.66. The van der Waals surface area contributed by atoms with Crippen LogP contribution in [0.15, 0.2) is 0 Å². The van der Waals surface area contributed by atoms with Crippen molar-refractivity contribution in [1.29, 1.82) is 0 Å². The van der Waals surface area contributed by atoms with Gasteiger partial charge in [-0.3, -0.25) is 4.79 Å². The lowest BCUT2D eigenvalue weighted by atomic mass is 10.0. The molecule has 3 aliphatic rings. The van der Waals surface area contributed by atoms with Crippen molar-refractivity contribution in [3.05, 3.63) is 11.3 Å². The molecule has 2 bridgehead atoms. The maximum Gasteiger partial charge on any atom is 0.340 e. The zero-order valence-corrected chi connectivity index (χ0v) is 12.9. The van der Waals surface area contributed by atoms with Crippen LogP contribution in [-0.4, -0.2) is 28.4 Å². The van der Waals surface area contributed by atoms with Crippen molar-refractivity contribution in [3.8, 4) is 0 Å². The molecule has 0 radical (unpaired) electrons. The van der Waals surface area contributed by atoms with E-state index in [0.717, 1.165) is 23.4 Å². The van der Waals surface area contributed by atoms with Gasteiger partial charge in [0.1, 0.15) is 10.6 Å². The van der Waals surface area contributed by atoms with Crippen LogP contribution in [0.2, 0.25) is 0 Å². The molecule has 4 unspecified atom stereocenters. The number of carbonyl (C=O) groups is 2. The molecule has 5 nitrogen and oxygen atoms in total. The largest absolute Gasteiger partial charge is 0.478 e. The number of hydrogen-bond acceptors (Lipinski definition) is 4. The fraction of sp³-hybridized carbons (Fsp3) is 0.667. The fourth-order valence-electron chi connectivity index (χ4n) is 4.81. The van der Waals surface area contributed by atoms with Gasteiger partial charge in [0.15, 0.2) is 0 Å². The van der Waals surface area contributed by atoms with E-state index in [1.54, 1.807) is 14.0 Å². The average Bonchev–Trinajstić information content (AvgIpc) is 2.78. The standard InChI is InChI=1S/C15H18N2O3S/c1-6-9(15(19)20)14(21-16-6)17(2)13(18)12-10-7-3-4-8(5-7)11(10)12/h7-8,10-12H,3-5H2,1-2H3,(H,19,20). The lowest BCUT2D eigenvalue weighted by Gasteiger charge is -2.18. The highest BCUT2D eigenvalue weighted by Crippen LogP contribution is 2.69. The molecule has 0 saturated heterocycles. The third kappa shape index (κ3) is 1.71.